The van der Waals surface area contributed by atoms with E-state index < -0.39 is 0 Å². The van der Waals surface area contributed by atoms with Crippen molar-refractivity contribution >= 4 is 50.7 Å². The fourth-order valence-electron chi connectivity index (χ4n) is 1.08. The summed E-state index contributed by atoms with van der Waals surface area (Å²) < 4.78 is 4.76. The lowest BCUT2D eigenvalue weighted by molar-refractivity contribution is 1.19. The van der Waals surface area contributed by atoms with Crippen molar-refractivity contribution in [3.8, 4) is 0 Å². The second-order valence-electron chi connectivity index (χ2n) is 2.28. The fourth-order valence-corrected chi connectivity index (χ4v) is 3.11. The van der Waals surface area contributed by atoms with Crippen LogP contribution in [0.2, 0.25) is 0 Å². The Balaban J connectivity index is 2.96. The summed E-state index contributed by atoms with van der Waals surface area (Å²) in [6.45, 7) is 0. The maximum Gasteiger partial charge on any atom is 0.0718 e. The molecule has 56 valence electrons. The monoisotopic (exact) mass is 369 g/mol. The Kier molecular flexibility index (Phi) is 2.09. The molecule has 0 N–H and O–H groups in total. The number of aromatic nitrogens is 1. The number of fused-ring (bicyclic) bond motifs is 1. The molecule has 0 saturated carbocycles. The number of hydrogen-bond donors (Lipinski definition) is 0. The van der Waals surface area contributed by atoms with Crippen LogP contribution in [0.15, 0.2) is 30.6 Å². The lowest BCUT2D eigenvalue weighted by Crippen LogP contribution is -1.83. The van der Waals surface area contributed by atoms with Crippen LogP contribution in [0.1, 0.15) is 0 Å². The fraction of sp³-hybridized carbons (Fsp3) is 0. The van der Waals surface area contributed by atoms with E-state index in [9.17, 15) is 0 Å². The molecule has 0 aliphatic rings. The van der Waals surface area contributed by atoms with Crippen molar-refractivity contribution in [1.82, 2.24) is 4.40 Å². The highest BCUT2D eigenvalue weighted by Gasteiger charge is 2.00. The minimum absolute atomic E-state index is 1.31. The van der Waals surface area contributed by atoms with Crippen LogP contribution in [0, 0.1) is 7.14 Å². The molecule has 0 bridgehead atoms. The van der Waals surface area contributed by atoms with Crippen LogP contribution in [0.4, 0.5) is 0 Å². The Morgan fingerprint density at radius 2 is 1.73 bits per heavy atom. The molecule has 0 radical (unpaired) electrons. The van der Waals surface area contributed by atoms with Crippen LogP contribution < -0.4 is 0 Å². The molecular weight excluding hydrogens is 364 g/mol. The highest BCUT2D eigenvalue weighted by atomic mass is 127. The van der Waals surface area contributed by atoms with Gasteiger partial charge in [0.2, 0.25) is 0 Å². The van der Waals surface area contributed by atoms with Crippen molar-refractivity contribution in [2.45, 2.75) is 0 Å². The number of pyridine rings is 1. The van der Waals surface area contributed by atoms with E-state index in [-0.39, 0.29) is 0 Å². The minimum atomic E-state index is 1.31. The first kappa shape index (κ1) is 7.85. The van der Waals surface area contributed by atoms with E-state index in [1.54, 1.807) is 0 Å². The Labute approximate surface area is 92.1 Å². The third-order valence-corrected chi connectivity index (χ3v) is 3.32. The zero-order valence-electron chi connectivity index (χ0n) is 5.59. The molecule has 0 atom stereocenters. The highest BCUT2D eigenvalue weighted by Crippen LogP contribution is 2.20. The zero-order chi connectivity index (χ0) is 7.84. The molecule has 2 aromatic heterocycles. The van der Waals surface area contributed by atoms with Gasteiger partial charge in [-0.15, -0.1) is 0 Å². The van der Waals surface area contributed by atoms with Crippen molar-refractivity contribution in [3.05, 3.63) is 37.7 Å². The topological polar surface area (TPSA) is 4.41 Å². The van der Waals surface area contributed by atoms with Gasteiger partial charge in [0.25, 0.3) is 0 Å². The lowest BCUT2D eigenvalue weighted by atomic mass is 10.4. The minimum Gasteiger partial charge on any atom is -0.322 e. The maximum absolute atomic E-state index is 2.35. The molecule has 0 fully saturated rings. The van der Waals surface area contributed by atoms with Gasteiger partial charge in [-0.2, -0.15) is 0 Å². The number of nitrogens with zero attached hydrogens (tertiary/aromatic N) is 1. The Morgan fingerprint density at radius 1 is 1.00 bits per heavy atom. The predicted molar refractivity (Wildman–Crippen MR) is 62.8 cm³/mol. The van der Waals surface area contributed by atoms with Crippen LogP contribution in [0.3, 0.4) is 0 Å². The molecule has 0 amide bonds. The van der Waals surface area contributed by atoms with Gasteiger partial charge in [-0.3, -0.25) is 0 Å². The summed E-state index contributed by atoms with van der Waals surface area (Å²) in [4.78, 5) is 0. The SMILES string of the molecule is Ic1cccn2ccc(I)c12. The molecule has 2 heterocycles. The average molecular weight is 369 g/mol. The van der Waals surface area contributed by atoms with Gasteiger partial charge >= 0.3 is 0 Å². The van der Waals surface area contributed by atoms with E-state index in [1.807, 2.05) is 0 Å². The molecule has 1 nitrogen and oxygen atoms in total. The summed E-state index contributed by atoms with van der Waals surface area (Å²) in [5.74, 6) is 0. The second-order valence-corrected chi connectivity index (χ2v) is 4.60. The van der Waals surface area contributed by atoms with Gasteiger partial charge in [-0.1, -0.05) is 0 Å². The van der Waals surface area contributed by atoms with Crippen LogP contribution in [0.25, 0.3) is 5.52 Å². The number of rotatable bonds is 0. The molecule has 0 unspecified atom stereocenters. The molecule has 0 aromatic carbocycles. The molecule has 11 heavy (non-hydrogen) atoms. The summed E-state index contributed by atoms with van der Waals surface area (Å²) in [7, 11) is 0. The van der Waals surface area contributed by atoms with Crippen LogP contribution in [0.5, 0.6) is 0 Å². The first-order chi connectivity index (χ1) is 5.29. The van der Waals surface area contributed by atoms with Gasteiger partial charge in [0.1, 0.15) is 0 Å². The zero-order valence-corrected chi connectivity index (χ0v) is 9.90. The summed E-state index contributed by atoms with van der Waals surface area (Å²) in [6.07, 6.45) is 4.15. The molecule has 0 saturated heterocycles. The van der Waals surface area contributed by atoms with Gasteiger partial charge in [0.05, 0.1) is 5.52 Å². The maximum atomic E-state index is 2.35. The van der Waals surface area contributed by atoms with Gasteiger partial charge in [-0.05, 0) is 63.4 Å². The molecule has 0 aliphatic heterocycles. The van der Waals surface area contributed by atoms with Crippen molar-refractivity contribution in [3.63, 3.8) is 0 Å². The normalized spacial score (nSPS) is 10.7. The summed E-state index contributed by atoms with van der Waals surface area (Å²) in [5.41, 5.74) is 1.31. The lowest BCUT2D eigenvalue weighted by Gasteiger charge is -1.96. The average Bonchev–Trinajstić information content (AvgIpc) is 2.34. The van der Waals surface area contributed by atoms with Gasteiger partial charge < -0.3 is 4.40 Å². The molecule has 0 aliphatic carbocycles. The van der Waals surface area contributed by atoms with Crippen LogP contribution in [-0.2, 0) is 0 Å². The Hall–Kier alpha value is 0.220. The Bertz CT molecular complexity index is 392. The van der Waals surface area contributed by atoms with Gasteiger partial charge in [-0.25, -0.2) is 0 Å². The van der Waals surface area contributed by atoms with E-state index in [4.69, 9.17) is 0 Å². The summed E-state index contributed by atoms with van der Waals surface area (Å²) in [6, 6.07) is 6.31. The molecule has 0 spiro atoms. The largest absolute Gasteiger partial charge is 0.322 e. The van der Waals surface area contributed by atoms with E-state index in [2.05, 4.69) is 80.2 Å². The first-order valence-corrected chi connectivity index (χ1v) is 5.35. The Morgan fingerprint density at radius 3 is 2.45 bits per heavy atom. The first-order valence-electron chi connectivity index (χ1n) is 3.20. The van der Waals surface area contributed by atoms with Crippen molar-refractivity contribution in [2.75, 3.05) is 0 Å². The van der Waals surface area contributed by atoms with E-state index in [0.29, 0.717) is 0 Å². The van der Waals surface area contributed by atoms with E-state index in [1.165, 1.54) is 12.7 Å². The second kappa shape index (κ2) is 2.93. The van der Waals surface area contributed by atoms with Crippen LogP contribution in [-0.4, -0.2) is 4.40 Å². The van der Waals surface area contributed by atoms with E-state index in [0.717, 1.165) is 0 Å². The third kappa shape index (κ3) is 1.28. The van der Waals surface area contributed by atoms with Crippen LogP contribution >= 0.6 is 45.2 Å². The van der Waals surface area contributed by atoms with Gasteiger partial charge in [0.15, 0.2) is 0 Å². The molecular formula is C8H5I2N. The van der Waals surface area contributed by atoms with Crippen molar-refractivity contribution < 1.29 is 0 Å². The molecule has 2 aromatic rings. The predicted octanol–water partition coefficient (Wildman–Crippen LogP) is 3.15. The summed E-state index contributed by atoms with van der Waals surface area (Å²) >= 11 is 4.71. The van der Waals surface area contributed by atoms with Crippen molar-refractivity contribution in [2.24, 2.45) is 0 Å². The summed E-state index contributed by atoms with van der Waals surface area (Å²) in [5, 5.41) is 0. The molecule has 3 heteroatoms. The van der Waals surface area contributed by atoms with Crippen molar-refractivity contribution in [1.29, 1.82) is 0 Å². The van der Waals surface area contributed by atoms with Gasteiger partial charge in [0, 0.05) is 19.5 Å². The molecule has 2 rings (SSSR count). The number of halogens is 2. The standard InChI is InChI=1S/C8H5I2N/c9-6-2-1-4-11-5-3-7(10)8(6)11/h1-5H. The smallest absolute Gasteiger partial charge is 0.0718 e. The number of hydrogen-bond acceptors (Lipinski definition) is 0. The highest BCUT2D eigenvalue weighted by molar-refractivity contribution is 14.1. The van der Waals surface area contributed by atoms with E-state index >= 15 is 0 Å². The third-order valence-electron chi connectivity index (χ3n) is 1.58. The quantitative estimate of drug-likeness (QED) is 0.629.